The van der Waals surface area contributed by atoms with E-state index in [1.54, 1.807) is 0 Å². The Bertz CT molecular complexity index is 1330. The Hall–Kier alpha value is -4.37. The summed E-state index contributed by atoms with van der Waals surface area (Å²) in [5, 5.41) is 6.24. The smallest absolute Gasteiger partial charge is 0.255 e. The SMILES string of the molecule is CC(=O)NCCc1ccccc1Oc1ccccc1CCC(=O)N1CCNCC1Cc1ccc(OCC(N)=O)cc1. The van der Waals surface area contributed by atoms with Gasteiger partial charge in [0.1, 0.15) is 17.2 Å². The Morgan fingerprint density at radius 2 is 1.61 bits per heavy atom. The predicted molar refractivity (Wildman–Crippen MR) is 157 cm³/mol. The van der Waals surface area contributed by atoms with E-state index >= 15 is 0 Å². The minimum atomic E-state index is -0.519. The van der Waals surface area contributed by atoms with Crippen molar-refractivity contribution in [1.82, 2.24) is 15.5 Å². The number of hydrogen-bond acceptors (Lipinski definition) is 6. The molecule has 9 nitrogen and oxygen atoms in total. The van der Waals surface area contributed by atoms with E-state index in [0.29, 0.717) is 44.5 Å². The van der Waals surface area contributed by atoms with E-state index in [2.05, 4.69) is 10.6 Å². The van der Waals surface area contributed by atoms with Crippen LogP contribution in [-0.4, -0.2) is 61.4 Å². The Morgan fingerprint density at radius 1 is 0.951 bits per heavy atom. The molecule has 1 atom stereocenters. The molecule has 0 aliphatic carbocycles. The fourth-order valence-corrected chi connectivity index (χ4v) is 4.92. The average Bonchev–Trinajstić information content (AvgIpc) is 2.97. The summed E-state index contributed by atoms with van der Waals surface area (Å²) in [5.74, 6) is 1.58. The first-order chi connectivity index (χ1) is 19.9. The van der Waals surface area contributed by atoms with Gasteiger partial charge in [0.05, 0.1) is 0 Å². The zero-order valence-electron chi connectivity index (χ0n) is 23.4. The van der Waals surface area contributed by atoms with Crippen LogP contribution in [-0.2, 0) is 33.6 Å². The number of aryl methyl sites for hydroxylation is 1. The van der Waals surface area contributed by atoms with E-state index in [1.807, 2.05) is 77.7 Å². The molecule has 0 spiro atoms. The van der Waals surface area contributed by atoms with Crippen LogP contribution in [0.15, 0.2) is 72.8 Å². The lowest BCUT2D eigenvalue weighted by Crippen LogP contribution is -2.54. The molecule has 3 aromatic carbocycles. The van der Waals surface area contributed by atoms with Crippen molar-refractivity contribution in [3.63, 3.8) is 0 Å². The Labute approximate surface area is 241 Å². The van der Waals surface area contributed by atoms with Crippen LogP contribution in [0.1, 0.15) is 30.0 Å². The highest BCUT2D eigenvalue weighted by Crippen LogP contribution is 2.29. The summed E-state index contributed by atoms with van der Waals surface area (Å²) in [6, 6.07) is 23.2. The summed E-state index contributed by atoms with van der Waals surface area (Å²) in [6.45, 7) is 4.02. The minimum Gasteiger partial charge on any atom is -0.484 e. The predicted octanol–water partition coefficient (Wildman–Crippen LogP) is 3.00. The summed E-state index contributed by atoms with van der Waals surface area (Å²) in [4.78, 5) is 37.6. The molecule has 0 bridgehead atoms. The molecule has 4 N–H and O–H groups in total. The second kappa shape index (κ2) is 14.9. The van der Waals surface area contributed by atoms with Crippen molar-refractivity contribution in [2.24, 2.45) is 5.73 Å². The number of carbonyl (C=O) groups is 3. The largest absolute Gasteiger partial charge is 0.484 e. The molecular formula is C32H38N4O5. The molecule has 3 aromatic rings. The molecule has 0 saturated carbocycles. The fourth-order valence-electron chi connectivity index (χ4n) is 4.92. The monoisotopic (exact) mass is 558 g/mol. The number of amides is 3. The van der Waals surface area contributed by atoms with Gasteiger partial charge in [-0.3, -0.25) is 14.4 Å². The van der Waals surface area contributed by atoms with Crippen LogP contribution in [0.4, 0.5) is 0 Å². The normalized spacial score (nSPS) is 14.8. The van der Waals surface area contributed by atoms with Gasteiger partial charge < -0.3 is 30.7 Å². The third kappa shape index (κ3) is 9.08. The zero-order chi connectivity index (χ0) is 29.0. The van der Waals surface area contributed by atoms with Crippen molar-refractivity contribution in [1.29, 1.82) is 0 Å². The van der Waals surface area contributed by atoms with Gasteiger partial charge in [0.15, 0.2) is 6.61 Å². The summed E-state index contributed by atoms with van der Waals surface area (Å²) >= 11 is 0. The second-order valence-electron chi connectivity index (χ2n) is 10.1. The van der Waals surface area contributed by atoms with Gasteiger partial charge in [-0.2, -0.15) is 0 Å². The molecule has 41 heavy (non-hydrogen) atoms. The molecule has 1 aliphatic heterocycles. The van der Waals surface area contributed by atoms with Crippen LogP contribution in [0.2, 0.25) is 0 Å². The van der Waals surface area contributed by atoms with Crippen LogP contribution in [0.3, 0.4) is 0 Å². The Balaban J connectivity index is 1.37. The number of hydrogen-bond donors (Lipinski definition) is 3. The van der Waals surface area contributed by atoms with Crippen LogP contribution in [0.5, 0.6) is 17.2 Å². The quantitative estimate of drug-likeness (QED) is 0.297. The van der Waals surface area contributed by atoms with Gasteiger partial charge in [-0.05, 0) is 60.2 Å². The fraction of sp³-hybridized carbons (Fsp3) is 0.344. The Kier molecular flexibility index (Phi) is 10.7. The number of piperazine rings is 1. The molecule has 0 aromatic heterocycles. The van der Waals surface area contributed by atoms with Crippen molar-refractivity contribution in [3.8, 4) is 17.2 Å². The number of rotatable bonds is 13. The maximum absolute atomic E-state index is 13.4. The lowest BCUT2D eigenvalue weighted by atomic mass is 10.0. The molecular weight excluding hydrogens is 520 g/mol. The van der Waals surface area contributed by atoms with Gasteiger partial charge in [-0.25, -0.2) is 0 Å². The lowest BCUT2D eigenvalue weighted by Gasteiger charge is -2.36. The summed E-state index contributed by atoms with van der Waals surface area (Å²) in [6.07, 6.45) is 2.31. The second-order valence-corrected chi connectivity index (χ2v) is 10.1. The van der Waals surface area contributed by atoms with Crippen molar-refractivity contribution in [3.05, 3.63) is 89.5 Å². The summed E-state index contributed by atoms with van der Waals surface area (Å²) in [7, 11) is 0. The number of nitrogens with zero attached hydrogens (tertiary/aromatic N) is 1. The lowest BCUT2D eigenvalue weighted by molar-refractivity contribution is -0.134. The van der Waals surface area contributed by atoms with Crippen molar-refractivity contribution in [2.75, 3.05) is 32.8 Å². The van der Waals surface area contributed by atoms with Gasteiger partial charge in [0.25, 0.3) is 5.91 Å². The number of ether oxygens (including phenoxy) is 2. The Morgan fingerprint density at radius 3 is 2.27 bits per heavy atom. The topological polar surface area (TPSA) is 123 Å². The summed E-state index contributed by atoms with van der Waals surface area (Å²) in [5.41, 5.74) is 8.20. The van der Waals surface area contributed by atoms with Gasteiger partial charge in [0, 0.05) is 45.6 Å². The first-order valence-electron chi connectivity index (χ1n) is 14.0. The number of primary amides is 1. The number of nitrogens with two attached hydrogens (primary N) is 1. The molecule has 216 valence electrons. The van der Waals surface area contributed by atoms with E-state index in [9.17, 15) is 14.4 Å². The number of nitrogens with one attached hydrogen (secondary N) is 2. The third-order valence-corrected chi connectivity index (χ3v) is 6.99. The molecule has 1 aliphatic rings. The van der Waals surface area contributed by atoms with E-state index in [-0.39, 0.29) is 24.5 Å². The zero-order valence-corrected chi connectivity index (χ0v) is 23.4. The summed E-state index contributed by atoms with van der Waals surface area (Å²) < 4.78 is 11.7. The van der Waals surface area contributed by atoms with Gasteiger partial charge in [-0.15, -0.1) is 0 Å². The number of carbonyl (C=O) groups excluding carboxylic acids is 3. The first kappa shape index (κ1) is 29.6. The van der Waals surface area contributed by atoms with Crippen molar-refractivity contribution >= 4 is 17.7 Å². The molecule has 1 unspecified atom stereocenters. The minimum absolute atomic E-state index is 0.0376. The van der Waals surface area contributed by atoms with Crippen LogP contribution in [0, 0.1) is 0 Å². The molecule has 1 saturated heterocycles. The van der Waals surface area contributed by atoms with Gasteiger partial charge in [0.2, 0.25) is 11.8 Å². The third-order valence-electron chi connectivity index (χ3n) is 6.99. The van der Waals surface area contributed by atoms with Crippen molar-refractivity contribution < 1.29 is 23.9 Å². The van der Waals surface area contributed by atoms with E-state index in [1.165, 1.54) is 6.92 Å². The van der Waals surface area contributed by atoms with Crippen LogP contribution < -0.4 is 25.8 Å². The highest BCUT2D eigenvalue weighted by molar-refractivity contribution is 5.77. The van der Waals surface area contributed by atoms with Crippen LogP contribution >= 0.6 is 0 Å². The van der Waals surface area contributed by atoms with Crippen LogP contribution in [0.25, 0.3) is 0 Å². The molecule has 9 heteroatoms. The van der Waals surface area contributed by atoms with Gasteiger partial charge >= 0.3 is 0 Å². The molecule has 3 amide bonds. The first-order valence-corrected chi connectivity index (χ1v) is 14.0. The standard InChI is InChI=1S/C32H38N4O5/c1-23(37)35-17-16-26-7-3-5-9-30(26)41-29-8-4-2-6-25(29)12-15-32(39)36-19-18-34-21-27(36)20-24-10-13-28(14-11-24)40-22-31(33)38/h2-11,13-14,27,34H,12,15-22H2,1H3,(H2,33,38)(H,35,37). The average molecular weight is 559 g/mol. The highest BCUT2D eigenvalue weighted by Gasteiger charge is 2.26. The molecule has 0 radical (unpaired) electrons. The van der Waals surface area contributed by atoms with E-state index < -0.39 is 5.91 Å². The molecule has 1 fully saturated rings. The molecule has 1 heterocycles. The molecule has 4 rings (SSSR count). The van der Waals surface area contributed by atoms with E-state index in [4.69, 9.17) is 15.2 Å². The number of benzene rings is 3. The van der Waals surface area contributed by atoms with E-state index in [0.717, 1.165) is 41.3 Å². The van der Waals surface area contributed by atoms with Crippen molar-refractivity contribution in [2.45, 2.75) is 38.6 Å². The maximum Gasteiger partial charge on any atom is 0.255 e. The number of para-hydroxylation sites is 2. The van der Waals surface area contributed by atoms with Gasteiger partial charge in [-0.1, -0.05) is 48.5 Å². The maximum atomic E-state index is 13.4. The highest BCUT2D eigenvalue weighted by atomic mass is 16.5.